The summed E-state index contributed by atoms with van der Waals surface area (Å²) in [5, 5.41) is 1.84. The molecule has 0 saturated heterocycles. The van der Waals surface area contributed by atoms with Gasteiger partial charge in [-0.2, -0.15) is 0 Å². The molecule has 5 aromatic carbocycles. The van der Waals surface area contributed by atoms with Crippen LogP contribution < -0.4 is 9.47 Å². The number of halogens is 1. The van der Waals surface area contributed by atoms with Gasteiger partial charge in [0.25, 0.3) is 0 Å². The molecule has 1 unspecified atom stereocenters. The summed E-state index contributed by atoms with van der Waals surface area (Å²) in [6, 6.07) is 24.6. The van der Waals surface area contributed by atoms with E-state index in [9.17, 15) is 14.0 Å². The van der Waals surface area contributed by atoms with Gasteiger partial charge in [-0.05, 0) is 89.0 Å². The van der Waals surface area contributed by atoms with E-state index >= 15 is 0 Å². The summed E-state index contributed by atoms with van der Waals surface area (Å²) < 4.78 is 27.5. The second-order valence-corrected chi connectivity index (χ2v) is 13.5. The van der Waals surface area contributed by atoms with Crippen molar-refractivity contribution in [2.75, 3.05) is 6.61 Å². The van der Waals surface area contributed by atoms with Crippen LogP contribution in [0.3, 0.4) is 0 Å². The highest BCUT2D eigenvalue weighted by Crippen LogP contribution is 2.59. The average molecular weight is 635 g/mol. The van der Waals surface area contributed by atoms with Crippen molar-refractivity contribution < 1.29 is 23.5 Å². The second-order valence-electron chi connectivity index (χ2n) is 13.5. The predicted molar refractivity (Wildman–Crippen MR) is 188 cm³/mol. The number of ether oxygens (including phenoxy) is 2. The first-order valence-electron chi connectivity index (χ1n) is 16.6. The first-order valence-corrected chi connectivity index (χ1v) is 16.6. The molecule has 0 saturated carbocycles. The third-order valence-electron chi connectivity index (χ3n) is 10.2. The van der Waals surface area contributed by atoms with Crippen LogP contribution in [-0.2, 0) is 11.0 Å². The molecule has 0 aromatic heterocycles. The van der Waals surface area contributed by atoms with E-state index in [2.05, 4.69) is 45.1 Å². The van der Waals surface area contributed by atoms with Gasteiger partial charge in [-0.3, -0.25) is 9.59 Å². The number of carbonyl (C=O) groups is 2. The van der Waals surface area contributed by atoms with Crippen molar-refractivity contribution in [1.82, 2.24) is 0 Å². The minimum Gasteiger partial charge on any atom is -0.494 e. The van der Waals surface area contributed by atoms with Crippen molar-refractivity contribution in [3.05, 3.63) is 147 Å². The summed E-state index contributed by atoms with van der Waals surface area (Å²) >= 11 is 0. The molecule has 0 bridgehead atoms. The van der Waals surface area contributed by atoms with Gasteiger partial charge in [-0.15, -0.1) is 0 Å². The van der Waals surface area contributed by atoms with Gasteiger partial charge in [-0.25, -0.2) is 4.39 Å². The number of rotatable bonds is 6. The largest absolute Gasteiger partial charge is 0.494 e. The third kappa shape index (κ3) is 4.26. The summed E-state index contributed by atoms with van der Waals surface area (Å²) in [7, 11) is 0. The summed E-state index contributed by atoms with van der Waals surface area (Å²) in [4.78, 5) is 26.8. The van der Waals surface area contributed by atoms with Crippen LogP contribution >= 0.6 is 0 Å². The van der Waals surface area contributed by atoms with Gasteiger partial charge in [0.1, 0.15) is 17.3 Å². The van der Waals surface area contributed by atoms with Crippen LogP contribution in [0.5, 0.6) is 11.5 Å². The van der Waals surface area contributed by atoms with Crippen LogP contribution in [-0.4, -0.2) is 18.2 Å². The van der Waals surface area contributed by atoms with Crippen LogP contribution in [0.1, 0.15) is 87.7 Å². The lowest BCUT2D eigenvalue weighted by atomic mass is 9.76. The number of allylic oxidation sites excluding steroid dienone is 2. The second kappa shape index (κ2) is 10.9. The number of hydrogen-bond acceptors (Lipinski definition) is 4. The molecule has 48 heavy (non-hydrogen) atoms. The number of unbranched alkanes of at least 4 members (excludes halogenated alkanes) is 1. The van der Waals surface area contributed by atoms with Crippen molar-refractivity contribution >= 4 is 28.4 Å². The molecule has 0 amide bonds. The predicted octanol–water partition coefficient (Wildman–Crippen LogP) is 10.1. The zero-order valence-corrected chi connectivity index (χ0v) is 27.4. The van der Waals surface area contributed by atoms with E-state index in [1.54, 1.807) is 12.1 Å². The molecule has 3 aliphatic rings. The molecular weight excluding hydrogens is 599 g/mol. The zero-order chi connectivity index (χ0) is 33.4. The number of benzene rings is 5. The lowest BCUT2D eigenvalue weighted by molar-refractivity contribution is 0.0994. The zero-order valence-electron chi connectivity index (χ0n) is 27.4. The standard InChI is InChI=1S/C43H35FO4/c1-5-6-23-47-29-17-13-27(14-18-29)43(26-11-15-28(44)16-12-26)22-21-32-40-37(30-9-7-8-10-31(30)41(32)48-43)38-33(42(40,3)4)24-25(2)36-34(45)19-20-35(46)39(36)38/h7-22,24H,5-6,23H2,1-4H3. The van der Waals surface area contributed by atoms with Crippen LogP contribution in [0.25, 0.3) is 28.0 Å². The topological polar surface area (TPSA) is 52.6 Å². The molecule has 0 radical (unpaired) electrons. The summed E-state index contributed by atoms with van der Waals surface area (Å²) in [5.74, 6) is 0.879. The molecule has 0 spiro atoms. The van der Waals surface area contributed by atoms with Crippen molar-refractivity contribution in [3.8, 4) is 22.6 Å². The van der Waals surface area contributed by atoms with Crippen molar-refractivity contribution in [1.29, 1.82) is 0 Å². The van der Waals surface area contributed by atoms with E-state index in [-0.39, 0.29) is 17.4 Å². The van der Waals surface area contributed by atoms with E-state index in [0.717, 1.165) is 73.9 Å². The lowest BCUT2D eigenvalue weighted by Crippen LogP contribution is -2.35. The Labute approximate surface area is 279 Å². The first-order chi connectivity index (χ1) is 23.2. The summed E-state index contributed by atoms with van der Waals surface area (Å²) in [5.41, 5.74) is 6.67. The molecule has 0 fully saturated rings. The number of fused-ring (bicyclic) bond motifs is 10. The third-order valence-corrected chi connectivity index (χ3v) is 10.2. The fraction of sp³-hybridized carbons (Fsp3) is 0.209. The average Bonchev–Trinajstić information content (AvgIpc) is 3.33. The number of ketones is 2. The monoisotopic (exact) mass is 634 g/mol. The molecule has 8 rings (SSSR count). The molecule has 238 valence electrons. The minimum absolute atomic E-state index is 0.146. The van der Waals surface area contributed by atoms with Crippen molar-refractivity contribution in [2.45, 2.75) is 51.6 Å². The summed E-state index contributed by atoms with van der Waals surface area (Å²) in [6.45, 7) is 9.05. The lowest BCUT2D eigenvalue weighted by Gasteiger charge is -2.38. The van der Waals surface area contributed by atoms with Gasteiger partial charge >= 0.3 is 0 Å². The van der Waals surface area contributed by atoms with Crippen LogP contribution in [0.4, 0.5) is 4.39 Å². The fourth-order valence-electron chi connectivity index (χ4n) is 7.90. The molecule has 2 aliphatic carbocycles. The molecular formula is C43H35FO4. The minimum atomic E-state index is -1.06. The molecule has 5 aromatic rings. The smallest absolute Gasteiger partial charge is 0.187 e. The van der Waals surface area contributed by atoms with Gasteiger partial charge < -0.3 is 9.47 Å². The normalized spacial score (nSPS) is 18.3. The molecule has 1 atom stereocenters. The first kappa shape index (κ1) is 30.1. The highest BCUT2D eigenvalue weighted by atomic mass is 19.1. The van der Waals surface area contributed by atoms with Crippen LogP contribution in [0.15, 0.2) is 97.1 Å². The molecule has 1 heterocycles. The van der Waals surface area contributed by atoms with Gasteiger partial charge in [0.05, 0.1) is 6.61 Å². The Morgan fingerprint density at radius 3 is 2.10 bits per heavy atom. The molecule has 5 heteroatoms. The summed E-state index contributed by atoms with van der Waals surface area (Å²) in [6.07, 6.45) is 8.99. The Morgan fingerprint density at radius 1 is 0.771 bits per heavy atom. The Balaban J connectivity index is 1.39. The van der Waals surface area contributed by atoms with Crippen LogP contribution in [0, 0.1) is 12.7 Å². The molecule has 1 aliphatic heterocycles. The van der Waals surface area contributed by atoms with Crippen molar-refractivity contribution in [3.63, 3.8) is 0 Å². The quantitative estimate of drug-likeness (QED) is 0.175. The maximum atomic E-state index is 14.3. The number of carbonyl (C=O) groups excluding carboxylic acids is 2. The van der Waals surface area contributed by atoms with Gasteiger partial charge in [-0.1, -0.05) is 87.9 Å². The van der Waals surface area contributed by atoms with Gasteiger partial charge in [0.2, 0.25) is 0 Å². The highest BCUT2D eigenvalue weighted by molar-refractivity contribution is 6.27. The van der Waals surface area contributed by atoms with E-state index in [0.29, 0.717) is 23.5 Å². The van der Waals surface area contributed by atoms with Crippen molar-refractivity contribution in [2.24, 2.45) is 0 Å². The maximum absolute atomic E-state index is 14.3. The van der Waals surface area contributed by atoms with E-state index in [1.165, 1.54) is 24.3 Å². The van der Waals surface area contributed by atoms with Gasteiger partial charge in [0, 0.05) is 38.6 Å². The van der Waals surface area contributed by atoms with Gasteiger partial charge in [0.15, 0.2) is 17.2 Å². The Hall–Kier alpha value is -5.29. The van der Waals surface area contributed by atoms with Crippen LogP contribution in [0.2, 0.25) is 0 Å². The van der Waals surface area contributed by atoms with E-state index in [1.807, 2.05) is 49.4 Å². The van der Waals surface area contributed by atoms with E-state index in [4.69, 9.17) is 9.47 Å². The number of hydrogen-bond donors (Lipinski definition) is 0. The highest BCUT2D eigenvalue weighted by Gasteiger charge is 2.46. The Kier molecular flexibility index (Phi) is 6.82. The van der Waals surface area contributed by atoms with E-state index < -0.39 is 11.0 Å². The fourth-order valence-corrected chi connectivity index (χ4v) is 7.90. The number of aryl methyl sites for hydroxylation is 1. The Morgan fingerprint density at radius 2 is 1.42 bits per heavy atom. The maximum Gasteiger partial charge on any atom is 0.187 e. The SMILES string of the molecule is CCCCOc1ccc(C2(c3ccc(F)cc3)C=Cc3c4c(c5ccccc5c3O2)-c2c(cc(C)c3c2C(=O)C=CC3=O)C4(C)C)cc1. The Bertz CT molecular complexity index is 2240. The molecule has 0 N–H and O–H groups in total. The molecule has 4 nitrogen and oxygen atoms in total.